The molecular formula is C23H24N6O3. The molecule has 1 aromatic carbocycles. The molecule has 1 aliphatic rings. The van der Waals surface area contributed by atoms with Crippen LogP contribution in [0.1, 0.15) is 26.3 Å². The number of nitrogens with zero attached hydrogens (tertiary/aromatic N) is 4. The van der Waals surface area contributed by atoms with Gasteiger partial charge in [-0.15, -0.1) is 0 Å². The van der Waals surface area contributed by atoms with Gasteiger partial charge in [-0.25, -0.2) is 14.6 Å². The van der Waals surface area contributed by atoms with E-state index < -0.39 is 11.6 Å². The van der Waals surface area contributed by atoms with Crippen LogP contribution in [0.5, 0.6) is 0 Å². The summed E-state index contributed by atoms with van der Waals surface area (Å²) < 4.78 is 5.47. The van der Waals surface area contributed by atoms with E-state index in [2.05, 4.69) is 25.6 Å². The zero-order chi connectivity index (χ0) is 22.7. The van der Waals surface area contributed by atoms with Crippen molar-refractivity contribution >= 4 is 40.1 Å². The zero-order valence-electron chi connectivity index (χ0n) is 18.1. The normalized spacial score (nSPS) is 13.6. The lowest BCUT2D eigenvalue weighted by Gasteiger charge is -2.24. The summed E-state index contributed by atoms with van der Waals surface area (Å²) in [4.78, 5) is 38.8. The van der Waals surface area contributed by atoms with Crippen molar-refractivity contribution in [3.8, 4) is 0 Å². The van der Waals surface area contributed by atoms with E-state index >= 15 is 0 Å². The van der Waals surface area contributed by atoms with Crippen molar-refractivity contribution in [1.29, 1.82) is 0 Å². The second-order valence-corrected chi connectivity index (χ2v) is 8.35. The van der Waals surface area contributed by atoms with E-state index in [1.54, 1.807) is 17.2 Å². The van der Waals surface area contributed by atoms with Gasteiger partial charge in [-0.1, -0.05) is 12.1 Å². The Balaban J connectivity index is 1.51. The summed E-state index contributed by atoms with van der Waals surface area (Å²) >= 11 is 0. The van der Waals surface area contributed by atoms with Crippen LogP contribution in [0.3, 0.4) is 0 Å². The Morgan fingerprint density at radius 1 is 1.06 bits per heavy atom. The fourth-order valence-electron chi connectivity index (χ4n) is 3.32. The number of nitrogens with one attached hydrogen (secondary N) is 2. The Morgan fingerprint density at radius 3 is 2.66 bits per heavy atom. The molecule has 2 N–H and O–H groups in total. The number of amides is 3. The Morgan fingerprint density at radius 2 is 1.91 bits per heavy atom. The summed E-state index contributed by atoms with van der Waals surface area (Å²) in [5.74, 6) is 0.349. The van der Waals surface area contributed by atoms with Crippen molar-refractivity contribution in [2.24, 2.45) is 0 Å². The maximum atomic E-state index is 12.4. The van der Waals surface area contributed by atoms with Gasteiger partial charge >= 0.3 is 12.1 Å². The minimum absolute atomic E-state index is 0.339. The van der Waals surface area contributed by atoms with Crippen molar-refractivity contribution < 1.29 is 14.3 Å². The van der Waals surface area contributed by atoms with Crippen LogP contribution in [-0.2, 0) is 4.74 Å². The van der Waals surface area contributed by atoms with Gasteiger partial charge in [0.05, 0.1) is 17.4 Å². The van der Waals surface area contributed by atoms with Crippen LogP contribution in [0.15, 0.2) is 55.1 Å². The van der Waals surface area contributed by atoms with Gasteiger partial charge in [0.2, 0.25) is 0 Å². The quantitative estimate of drug-likeness (QED) is 0.639. The molecule has 0 atom stereocenters. The van der Waals surface area contributed by atoms with Crippen LogP contribution in [-0.4, -0.2) is 50.7 Å². The van der Waals surface area contributed by atoms with Crippen molar-refractivity contribution in [3.63, 3.8) is 0 Å². The molecule has 0 unspecified atom stereocenters. The van der Waals surface area contributed by atoms with Crippen LogP contribution >= 0.6 is 0 Å². The third kappa shape index (κ3) is 5.00. The Bertz CT molecular complexity index is 1190. The zero-order valence-corrected chi connectivity index (χ0v) is 18.1. The van der Waals surface area contributed by atoms with Crippen LogP contribution in [0.2, 0.25) is 0 Å². The van der Waals surface area contributed by atoms with Crippen molar-refractivity contribution in [1.82, 2.24) is 19.9 Å². The lowest BCUT2D eigenvalue weighted by Crippen LogP contribution is -2.35. The minimum atomic E-state index is -0.541. The number of carbonyl (C=O) groups excluding carboxylic acids is 2. The first-order chi connectivity index (χ1) is 15.3. The number of ether oxygens (including phenoxy) is 1. The smallest absolute Gasteiger partial charge is 0.410 e. The van der Waals surface area contributed by atoms with Crippen LogP contribution in [0.25, 0.3) is 16.5 Å². The molecule has 2 aromatic heterocycles. The van der Waals surface area contributed by atoms with E-state index in [0.717, 1.165) is 22.0 Å². The highest BCUT2D eigenvalue weighted by atomic mass is 16.6. The lowest BCUT2D eigenvalue weighted by atomic mass is 10.0. The standard InChI is InChI=1S/C23H24N6O3/c1-23(2,3)32-22(31)29-11-7-16(14-29)15-4-5-18-17(12-15)19(6-8-25-18)27-21(30)28-20-13-24-9-10-26-20/h4-10,12-13H,11,14H2,1-3H3,(H2,25,26,27,28,30). The summed E-state index contributed by atoms with van der Waals surface area (Å²) in [5, 5.41) is 6.28. The molecule has 32 heavy (non-hydrogen) atoms. The van der Waals surface area contributed by atoms with Crippen molar-refractivity contribution in [2.75, 3.05) is 23.7 Å². The second-order valence-electron chi connectivity index (χ2n) is 8.35. The third-order valence-corrected chi connectivity index (χ3v) is 4.74. The number of carbonyl (C=O) groups is 2. The third-order valence-electron chi connectivity index (χ3n) is 4.74. The van der Waals surface area contributed by atoms with Crippen LogP contribution in [0, 0.1) is 0 Å². The summed E-state index contributed by atoms with van der Waals surface area (Å²) in [6.45, 7) is 6.49. The predicted octanol–water partition coefficient (Wildman–Crippen LogP) is 4.30. The molecule has 1 aliphatic heterocycles. The van der Waals surface area contributed by atoms with Crippen molar-refractivity contribution in [2.45, 2.75) is 26.4 Å². The van der Waals surface area contributed by atoms with Gasteiger partial charge in [0, 0.05) is 37.1 Å². The number of aromatic nitrogens is 3. The molecule has 0 radical (unpaired) electrons. The second kappa shape index (κ2) is 8.62. The fourth-order valence-corrected chi connectivity index (χ4v) is 3.32. The molecule has 3 amide bonds. The SMILES string of the molecule is CC(C)(C)OC(=O)N1CC=C(c2ccc3nccc(NC(=O)Nc4cnccn4)c3c2)C1. The Kier molecular flexibility index (Phi) is 5.72. The highest BCUT2D eigenvalue weighted by Crippen LogP contribution is 2.29. The molecule has 3 heterocycles. The predicted molar refractivity (Wildman–Crippen MR) is 122 cm³/mol. The molecule has 9 heteroatoms. The largest absolute Gasteiger partial charge is 0.444 e. The highest BCUT2D eigenvalue weighted by Gasteiger charge is 2.26. The molecule has 0 spiro atoms. The molecule has 0 fully saturated rings. The van der Waals surface area contributed by atoms with Gasteiger partial charge in [-0.2, -0.15) is 0 Å². The summed E-state index contributed by atoms with van der Waals surface area (Å²) in [6, 6.07) is 7.12. The topological polar surface area (TPSA) is 109 Å². The van der Waals surface area contributed by atoms with E-state index in [4.69, 9.17) is 4.74 Å². The van der Waals surface area contributed by atoms with Gasteiger partial charge in [0.25, 0.3) is 0 Å². The molecule has 0 saturated heterocycles. The molecule has 3 aromatic rings. The molecule has 0 bridgehead atoms. The van der Waals surface area contributed by atoms with E-state index in [-0.39, 0.29) is 6.09 Å². The first-order valence-electron chi connectivity index (χ1n) is 10.2. The molecular weight excluding hydrogens is 408 g/mol. The number of benzene rings is 1. The number of urea groups is 1. The monoisotopic (exact) mass is 432 g/mol. The average Bonchev–Trinajstić information content (AvgIpc) is 3.24. The molecule has 4 rings (SSSR count). The molecule has 0 saturated carbocycles. The number of anilines is 2. The number of pyridine rings is 1. The fraction of sp³-hybridized carbons (Fsp3) is 0.261. The summed E-state index contributed by atoms with van der Waals surface area (Å²) in [6.07, 6.45) is 7.80. The van der Waals surface area contributed by atoms with Gasteiger partial charge in [-0.05, 0) is 50.1 Å². The van der Waals surface area contributed by atoms with E-state index in [1.165, 1.54) is 18.6 Å². The van der Waals surface area contributed by atoms with Gasteiger partial charge in [0.15, 0.2) is 5.82 Å². The van der Waals surface area contributed by atoms with Crippen LogP contribution in [0.4, 0.5) is 21.1 Å². The van der Waals surface area contributed by atoms with Crippen molar-refractivity contribution in [3.05, 3.63) is 60.7 Å². The molecule has 0 aliphatic carbocycles. The van der Waals surface area contributed by atoms with Gasteiger partial charge in [-0.3, -0.25) is 15.3 Å². The maximum absolute atomic E-state index is 12.4. The number of rotatable bonds is 3. The molecule has 9 nitrogen and oxygen atoms in total. The first-order valence-corrected chi connectivity index (χ1v) is 10.2. The lowest BCUT2D eigenvalue weighted by molar-refractivity contribution is 0.0306. The number of hydrogen-bond acceptors (Lipinski definition) is 6. The van der Waals surface area contributed by atoms with Gasteiger partial charge in [0.1, 0.15) is 5.60 Å². The van der Waals surface area contributed by atoms with E-state index in [0.29, 0.717) is 24.6 Å². The molecule has 164 valence electrons. The highest BCUT2D eigenvalue weighted by molar-refractivity contribution is 6.05. The van der Waals surface area contributed by atoms with Gasteiger partial charge < -0.3 is 15.0 Å². The maximum Gasteiger partial charge on any atom is 0.410 e. The van der Waals surface area contributed by atoms with Crippen LogP contribution < -0.4 is 10.6 Å². The minimum Gasteiger partial charge on any atom is -0.444 e. The Hall–Kier alpha value is -4.01. The summed E-state index contributed by atoms with van der Waals surface area (Å²) in [5.41, 5.74) is 2.78. The van der Waals surface area contributed by atoms with E-state index in [9.17, 15) is 9.59 Å². The average molecular weight is 432 g/mol. The van der Waals surface area contributed by atoms with E-state index in [1.807, 2.05) is 45.0 Å². The number of fused-ring (bicyclic) bond motifs is 1. The Labute approximate surface area is 185 Å². The number of hydrogen-bond donors (Lipinski definition) is 2. The summed E-state index contributed by atoms with van der Waals surface area (Å²) in [7, 11) is 0. The first kappa shape index (κ1) is 21.2.